The van der Waals surface area contributed by atoms with E-state index in [1.54, 1.807) is 52.3 Å². The number of hydrogen-bond donors (Lipinski definition) is 1. The largest absolute Gasteiger partial charge is 0.444 e. The van der Waals surface area contributed by atoms with E-state index < -0.39 is 17.6 Å². The van der Waals surface area contributed by atoms with Crippen LogP contribution in [0.5, 0.6) is 0 Å². The van der Waals surface area contributed by atoms with E-state index in [9.17, 15) is 19.2 Å². The summed E-state index contributed by atoms with van der Waals surface area (Å²) >= 11 is 12.6. The number of nitrogens with one attached hydrogen (secondary N) is 1. The zero-order valence-corrected chi connectivity index (χ0v) is 27.6. The Morgan fingerprint density at radius 1 is 1.00 bits per heavy atom. The smallest absolute Gasteiger partial charge is 0.410 e. The van der Waals surface area contributed by atoms with Crippen molar-refractivity contribution in [3.05, 3.63) is 87.5 Å². The molecule has 0 spiro atoms. The van der Waals surface area contributed by atoms with Crippen LogP contribution in [0.4, 0.5) is 16.3 Å². The van der Waals surface area contributed by atoms with Gasteiger partial charge in [-0.1, -0.05) is 35.3 Å². The first-order valence-corrected chi connectivity index (χ1v) is 16.0. The number of halogens is 2. The fourth-order valence-electron chi connectivity index (χ4n) is 5.92. The number of nitrogens with zero attached hydrogens (tertiary/aromatic N) is 4. The third-order valence-corrected chi connectivity index (χ3v) is 8.70. The number of piperazine rings is 1. The highest BCUT2D eigenvalue weighted by Gasteiger charge is 2.37. The first kappa shape index (κ1) is 33.4. The molecule has 46 heavy (non-hydrogen) atoms. The monoisotopic (exact) mass is 665 g/mol. The molecule has 2 atom stereocenters. The number of amides is 3. The van der Waals surface area contributed by atoms with Crippen molar-refractivity contribution in [2.75, 3.05) is 42.9 Å². The quantitative estimate of drug-likeness (QED) is 0.308. The van der Waals surface area contributed by atoms with E-state index in [1.165, 1.54) is 6.20 Å². The average Bonchev–Trinajstić information content (AvgIpc) is 3.20. The van der Waals surface area contributed by atoms with Crippen LogP contribution in [0.15, 0.2) is 60.8 Å². The lowest BCUT2D eigenvalue weighted by molar-refractivity contribution is -0.114. The summed E-state index contributed by atoms with van der Waals surface area (Å²) in [4.78, 5) is 61.6. The second-order valence-electron chi connectivity index (χ2n) is 12.4. The molecule has 2 aliphatic heterocycles. The molecule has 12 heteroatoms. The minimum atomic E-state index is -0.586. The van der Waals surface area contributed by atoms with Gasteiger partial charge in [-0.2, -0.15) is 0 Å². The second-order valence-corrected chi connectivity index (χ2v) is 13.2. The normalized spacial score (nSPS) is 17.8. The Kier molecular flexibility index (Phi) is 10.3. The van der Waals surface area contributed by atoms with Gasteiger partial charge < -0.3 is 24.6 Å². The molecule has 0 radical (unpaired) electrons. The van der Waals surface area contributed by atoms with E-state index in [-0.39, 0.29) is 23.7 Å². The van der Waals surface area contributed by atoms with Crippen molar-refractivity contribution >= 4 is 58.9 Å². The number of fused-ring (bicyclic) bond motifs is 1. The van der Waals surface area contributed by atoms with Gasteiger partial charge in [-0.15, -0.1) is 0 Å². The summed E-state index contributed by atoms with van der Waals surface area (Å²) in [5.41, 5.74) is 1.59. The highest BCUT2D eigenvalue weighted by Crippen LogP contribution is 2.40. The van der Waals surface area contributed by atoms with Gasteiger partial charge in [0.05, 0.1) is 22.2 Å². The van der Waals surface area contributed by atoms with Crippen LogP contribution in [-0.2, 0) is 9.53 Å². The topological polar surface area (TPSA) is 112 Å². The minimum Gasteiger partial charge on any atom is -0.444 e. The SMILES string of the molecule is CC(C)(C)OC(=O)N1CCN(C(C=O)C2CCCN(C(=O)c3ccc(NC(=O)c4ccccc4Cl)nc3)c3ccc(Cl)cc32)CC1. The van der Waals surface area contributed by atoms with Gasteiger partial charge in [0.1, 0.15) is 17.7 Å². The summed E-state index contributed by atoms with van der Waals surface area (Å²) in [6.07, 6.45) is 3.36. The summed E-state index contributed by atoms with van der Waals surface area (Å²) in [6, 6.07) is 14.8. The molecular formula is C34H37Cl2N5O5. The lowest BCUT2D eigenvalue weighted by Crippen LogP contribution is -2.54. The van der Waals surface area contributed by atoms with Crippen LogP contribution in [0.2, 0.25) is 10.0 Å². The van der Waals surface area contributed by atoms with Gasteiger partial charge in [-0.25, -0.2) is 9.78 Å². The fourth-order valence-corrected chi connectivity index (χ4v) is 6.32. The third kappa shape index (κ3) is 7.68. The molecule has 3 amide bonds. The Morgan fingerprint density at radius 2 is 1.74 bits per heavy atom. The number of hydrogen-bond acceptors (Lipinski definition) is 7. The maximum absolute atomic E-state index is 13.9. The number of aldehydes is 1. The van der Waals surface area contributed by atoms with Crippen LogP contribution in [0.3, 0.4) is 0 Å². The first-order chi connectivity index (χ1) is 21.9. The predicted octanol–water partition coefficient (Wildman–Crippen LogP) is 6.29. The zero-order chi connectivity index (χ0) is 33.0. The van der Waals surface area contributed by atoms with Gasteiger partial charge in [0, 0.05) is 55.5 Å². The van der Waals surface area contributed by atoms with Crippen LogP contribution < -0.4 is 10.2 Å². The van der Waals surface area contributed by atoms with Gasteiger partial charge in [0.25, 0.3) is 11.8 Å². The summed E-state index contributed by atoms with van der Waals surface area (Å²) in [6.45, 7) is 7.86. The van der Waals surface area contributed by atoms with E-state index in [1.807, 2.05) is 32.9 Å². The predicted molar refractivity (Wildman–Crippen MR) is 178 cm³/mol. The number of benzene rings is 2. The van der Waals surface area contributed by atoms with Crippen LogP contribution in [0, 0.1) is 0 Å². The van der Waals surface area contributed by atoms with Crippen molar-refractivity contribution in [3.63, 3.8) is 0 Å². The van der Waals surface area contributed by atoms with Crippen molar-refractivity contribution in [1.82, 2.24) is 14.8 Å². The summed E-state index contributed by atoms with van der Waals surface area (Å²) in [7, 11) is 0. The summed E-state index contributed by atoms with van der Waals surface area (Å²) < 4.78 is 5.53. The van der Waals surface area contributed by atoms with Crippen LogP contribution in [0.25, 0.3) is 0 Å². The Labute approximate surface area is 278 Å². The number of pyridine rings is 1. The van der Waals surface area contributed by atoms with Crippen molar-refractivity contribution in [1.29, 1.82) is 0 Å². The first-order valence-electron chi connectivity index (χ1n) is 15.3. The lowest BCUT2D eigenvalue weighted by atomic mass is 9.86. The molecule has 5 rings (SSSR count). The molecule has 2 unspecified atom stereocenters. The van der Waals surface area contributed by atoms with Gasteiger partial charge in [0.15, 0.2) is 0 Å². The number of carbonyl (C=O) groups is 4. The molecule has 3 heterocycles. The molecule has 1 fully saturated rings. The molecule has 0 aliphatic carbocycles. The van der Waals surface area contributed by atoms with E-state index in [4.69, 9.17) is 27.9 Å². The number of rotatable bonds is 6. The van der Waals surface area contributed by atoms with Gasteiger partial charge >= 0.3 is 6.09 Å². The van der Waals surface area contributed by atoms with E-state index in [0.29, 0.717) is 72.4 Å². The highest BCUT2D eigenvalue weighted by molar-refractivity contribution is 6.34. The average molecular weight is 667 g/mol. The molecule has 3 aromatic rings. The van der Waals surface area contributed by atoms with Crippen molar-refractivity contribution in [3.8, 4) is 0 Å². The van der Waals surface area contributed by atoms with E-state index >= 15 is 0 Å². The van der Waals surface area contributed by atoms with Gasteiger partial charge in [-0.3, -0.25) is 14.5 Å². The number of ether oxygens (including phenoxy) is 1. The van der Waals surface area contributed by atoms with Crippen molar-refractivity contribution < 1.29 is 23.9 Å². The molecular weight excluding hydrogens is 629 g/mol. The Hall–Kier alpha value is -3.99. The Bertz CT molecular complexity index is 1600. The fraction of sp³-hybridized carbons (Fsp3) is 0.382. The van der Waals surface area contributed by atoms with Crippen molar-refractivity contribution in [2.45, 2.75) is 51.2 Å². The second kappa shape index (κ2) is 14.2. The number of carbonyl (C=O) groups excluding carboxylic acids is 4. The molecule has 2 aliphatic rings. The van der Waals surface area contributed by atoms with E-state index in [2.05, 4.69) is 15.2 Å². The molecule has 0 bridgehead atoms. The minimum absolute atomic E-state index is 0.211. The Balaban J connectivity index is 1.32. The third-order valence-electron chi connectivity index (χ3n) is 8.13. The molecule has 0 saturated carbocycles. The zero-order valence-electron chi connectivity index (χ0n) is 26.0. The summed E-state index contributed by atoms with van der Waals surface area (Å²) in [5.74, 6) is -0.588. The maximum atomic E-state index is 13.9. The van der Waals surface area contributed by atoms with Crippen molar-refractivity contribution in [2.24, 2.45) is 0 Å². The lowest BCUT2D eigenvalue weighted by Gasteiger charge is -2.40. The molecule has 1 aromatic heterocycles. The maximum Gasteiger partial charge on any atom is 0.410 e. The number of aromatic nitrogens is 1. The molecule has 242 valence electrons. The van der Waals surface area contributed by atoms with Crippen LogP contribution >= 0.6 is 23.2 Å². The van der Waals surface area contributed by atoms with Gasteiger partial charge in [-0.05, 0) is 81.6 Å². The standard InChI is InChI=1S/C34H37Cl2N5O5/c1-34(2,3)46-33(45)40-17-15-39(16-18-40)29(21-42)24-8-6-14-41(28-12-11-23(35)19-26(24)28)32(44)22-10-13-30(37-20-22)38-31(43)25-7-4-5-9-27(25)36/h4-5,7,9-13,19-21,24,29H,6,8,14-18H2,1-3H3,(H,37,38,43). The van der Waals surface area contributed by atoms with Crippen LogP contribution in [-0.4, -0.2) is 83.3 Å². The molecule has 1 saturated heterocycles. The molecule has 2 aromatic carbocycles. The van der Waals surface area contributed by atoms with E-state index in [0.717, 1.165) is 11.8 Å². The molecule has 10 nitrogen and oxygen atoms in total. The molecule has 1 N–H and O–H groups in total. The highest BCUT2D eigenvalue weighted by atomic mass is 35.5. The Morgan fingerprint density at radius 3 is 2.39 bits per heavy atom. The van der Waals surface area contributed by atoms with Crippen LogP contribution in [0.1, 0.15) is 65.8 Å². The summed E-state index contributed by atoms with van der Waals surface area (Å²) in [5, 5.41) is 3.55. The van der Waals surface area contributed by atoms with Gasteiger partial charge in [0.2, 0.25) is 0 Å². The number of anilines is 2.